The highest BCUT2D eigenvalue weighted by atomic mass is 79.9. The third kappa shape index (κ3) is 1.75. The summed E-state index contributed by atoms with van der Waals surface area (Å²) in [6.07, 6.45) is 3.19. The lowest BCUT2D eigenvalue weighted by atomic mass is 9.80. The molecule has 3 rings (SSSR count). The van der Waals surface area contributed by atoms with Crippen LogP contribution in [0.1, 0.15) is 33.6 Å². The quantitative estimate of drug-likeness (QED) is 0.688. The third-order valence-electron chi connectivity index (χ3n) is 3.23. The molecule has 0 fully saturated rings. The molecule has 0 saturated carbocycles. The van der Waals surface area contributed by atoms with E-state index in [4.69, 9.17) is 0 Å². The summed E-state index contributed by atoms with van der Waals surface area (Å²) >= 11 is 6.74. The molecule has 2 nitrogen and oxygen atoms in total. The number of halogens is 2. The molecule has 1 aromatic carbocycles. The van der Waals surface area contributed by atoms with Crippen LogP contribution in [0.5, 0.6) is 0 Å². The highest BCUT2D eigenvalue weighted by Crippen LogP contribution is 2.36. The van der Waals surface area contributed by atoms with Gasteiger partial charge in [0.25, 0.3) is 0 Å². The van der Waals surface area contributed by atoms with Crippen molar-refractivity contribution in [2.45, 2.75) is 12.8 Å². The lowest BCUT2D eigenvalue weighted by Crippen LogP contribution is -2.23. The summed E-state index contributed by atoms with van der Waals surface area (Å²) in [5, 5.41) is 0. The first-order valence-corrected chi connectivity index (χ1v) is 7.14. The lowest BCUT2D eigenvalue weighted by Gasteiger charge is -2.22. The number of Topliss-reactive ketones (excluding diaryl/α,β-unsaturated/α-hetero) is 2. The first-order chi connectivity index (χ1) is 8.58. The Morgan fingerprint density at radius 2 is 1.72 bits per heavy atom. The summed E-state index contributed by atoms with van der Waals surface area (Å²) < 4.78 is 1.79. The average molecular weight is 368 g/mol. The molecule has 0 aromatic heterocycles. The van der Waals surface area contributed by atoms with E-state index >= 15 is 0 Å². The summed E-state index contributed by atoms with van der Waals surface area (Å²) in [6, 6.07) is 5.23. The first kappa shape index (κ1) is 12.1. The number of carbonyl (C=O) groups is 2. The van der Waals surface area contributed by atoms with Gasteiger partial charge in [0, 0.05) is 26.7 Å². The fourth-order valence-corrected chi connectivity index (χ4v) is 3.13. The summed E-state index contributed by atoms with van der Waals surface area (Å²) in [6.45, 7) is 0. The van der Waals surface area contributed by atoms with E-state index in [9.17, 15) is 9.59 Å². The largest absolute Gasteiger partial charge is 0.289 e. The number of rotatable bonds is 0. The van der Waals surface area contributed by atoms with Gasteiger partial charge in [0.1, 0.15) is 0 Å². The van der Waals surface area contributed by atoms with E-state index in [2.05, 4.69) is 31.9 Å². The van der Waals surface area contributed by atoms with Gasteiger partial charge < -0.3 is 0 Å². The minimum atomic E-state index is -0.0521. The van der Waals surface area contributed by atoms with Gasteiger partial charge in [-0.1, -0.05) is 31.9 Å². The number of benzene rings is 1. The van der Waals surface area contributed by atoms with Crippen LogP contribution in [0.3, 0.4) is 0 Å². The van der Waals surface area contributed by atoms with Crippen LogP contribution >= 0.6 is 31.9 Å². The van der Waals surface area contributed by atoms with Crippen LogP contribution in [0.2, 0.25) is 0 Å². The number of fused-ring (bicyclic) bond motifs is 1. The maximum Gasteiger partial charge on any atom is 0.194 e. The van der Waals surface area contributed by atoms with E-state index in [1.54, 1.807) is 24.3 Å². The predicted molar refractivity (Wildman–Crippen MR) is 76.1 cm³/mol. The number of hydrogen-bond donors (Lipinski definition) is 0. The molecule has 4 heteroatoms. The number of hydrogen-bond acceptors (Lipinski definition) is 2. The molecule has 0 saturated heterocycles. The van der Waals surface area contributed by atoms with Crippen LogP contribution in [-0.2, 0) is 0 Å². The van der Waals surface area contributed by atoms with Gasteiger partial charge in [-0.3, -0.25) is 9.59 Å². The molecule has 0 bridgehead atoms. The van der Waals surface area contributed by atoms with Gasteiger partial charge in [-0.2, -0.15) is 0 Å². The van der Waals surface area contributed by atoms with Crippen LogP contribution in [0.25, 0.3) is 0 Å². The second-order valence-corrected chi connectivity index (χ2v) is 6.27. The van der Waals surface area contributed by atoms with Crippen molar-refractivity contribution in [2.24, 2.45) is 0 Å². The van der Waals surface area contributed by atoms with Crippen LogP contribution in [0, 0.1) is 0 Å². The third-order valence-corrected chi connectivity index (χ3v) is 4.35. The highest BCUT2D eigenvalue weighted by Gasteiger charge is 2.32. The molecule has 0 radical (unpaired) electrons. The molecule has 0 aliphatic heterocycles. The molecule has 18 heavy (non-hydrogen) atoms. The average Bonchev–Trinajstić information content (AvgIpc) is 2.36. The van der Waals surface area contributed by atoms with Crippen molar-refractivity contribution in [1.29, 1.82) is 0 Å². The van der Waals surface area contributed by atoms with Crippen LogP contribution in [0.15, 0.2) is 44.4 Å². The van der Waals surface area contributed by atoms with E-state index in [1.807, 2.05) is 0 Å². The SMILES string of the molecule is O=C1C2=C(CCC(Br)=C2)C(=O)c2cc(Br)ccc21. The maximum atomic E-state index is 12.4. The molecule has 0 N–H and O–H groups in total. The minimum absolute atomic E-state index is 0.0165. The zero-order valence-corrected chi connectivity index (χ0v) is 12.5. The van der Waals surface area contributed by atoms with E-state index in [0.29, 0.717) is 28.7 Å². The van der Waals surface area contributed by atoms with E-state index in [0.717, 1.165) is 15.4 Å². The van der Waals surface area contributed by atoms with Crippen LogP contribution in [0.4, 0.5) is 0 Å². The highest BCUT2D eigenvalue weighted by molar-refractivity contribution is 9.11. The molecule has 0 heterocycles. The predicted octanol–water partition coefficient (Wildman–Crippen LogP) is 4.20. The van der Waals surface area contributed by atoms with Crippen molar-refractivity contribution in [3.05, 3.63) is 55.5 Å². The summed E-state index contributed by atoms with van der Waals surface area (Å²) in [5.41, 5.74) is 2.21. The standard InChI is InChI=1S/C14H8Br2O2/c15-7-1-3-9-11(5-7)14(18)10-4-2-8(16)6-12(10)13(9)17/h1,3,5-6H,2,4H2. The monoisotopic (exact) mass is 366 g/mol. The molecular formula is C14H8Br2O2. The van der Waals surface area contributed by atoms with Crippen molar-refractivity contribution in [3.8, 4) is 0 Å². The van der Waals surface area contributed by atoms with Crippen molar-refractivity contribution < 1.29 is 9.59 Å². The number of ketones is 2. The maximum absolute atomic E-state index is 12.4. The molecule has 1 aromatic rings. The van der Waals surface area contributed by atoms with E-state index in [-0.39, 0.29) is 11.6 Å². The Morgan fingerprint density at radius 1 is 0.944 bits per heavy atom. The Bertz CT molecular complexity index is 654. The normalized spacial score (nSPS) is 18.4. The first-order valence-electron chi connectivity index (χ1n) is 5.56. The van der Waals surface area contributed by atoms with E-state index < -0.39 is 0 Å². The van der Waals surface area contributed by atoms with Gasteiger partial charge in [-0.05, 0) is 41.6 Å². The van der Waals surface area contributed by atoms with Crippen molar-refractivity contribution in [1.82, 2.24) is 0 Å². The Kier molecular flexibility index (Phi) is 2.87. The molecule has 0 atom stereocenters. The smallest absolute Gasteiger partial charge is 0.194 e. The van der Waals surface area contributed by atoms with Crippen LogP contribution < -0.4 is 0 Å². The number of allylic oxidation sites excluding steroid dienone is 4. The second kappa shape index (κ2) is 4.28. The Balaban J connectivity index is 2.24. The fraction of sp³-hybridized carbons (Fsp3) is 0.143. The Labute approximate surface area is 121 Å². The zero-order valence-electron chi connectivity index (χ0n) is 9.30. The summed E-state index contributed by atoms with van der Waals surface area (Å²) in [5.74, 6) is -0.0686. The molecular weight excluding hydrogens is 360 g/mol. The molecule has 0 amide bonds. The van der Waals surface area contributed by atoms with Gasteiger partial charge in [0.05, 0.1) is 0 Å². The van der Waals surface area contributed by atoms with Gasteiger partial charge >= 0.3 is 0 Å². The topological polar surface area (TPSA) is 34.1 Å². The molecule has 2 aliphatic rings. The van der Waals surface area contributed by atoms with Crippen molar-refractivity contribution in [2.75, 3.05) is 0 Å². The van der Waals surface area contributed by atoms with Crippen molar-refractivity contribution >= 4 is 43.4 Å². The van der Waals surface area contributed by atoms with Crippen LogP contribution in [-0.4, -0.2) is 11.6 Å². The molecule has 90 valence electrons. The fourth-order valence-electron chi connectivity index (χ4n) is 2.34. The van der Waals surface area contributed by atoms with E-state index in [1.165, 1.54) is 0 Å². The summed E-state index contributed by atoms with van der Waals surface area (Å²) in [7, 11) is 0. The van der Waals surface area contributed by atoms with Gasteiger partial charge in [-0.15, -0.1) is 0 Å². The molecule has 0 spiro atoms. The lowest BCUT2D eigenvalue weighted by molar-refractivity contribution is 0.0974. The van der Waals surface area contributed by atoms with Gasteiger partial charge in [0.2, 0.25) is 0 Å². The summed E-state index contributed by atoms with van der Waals surface area (Å²) in [4.78, 5) is 24.7. The second-order valence-electron chi connectivity index (χ2n) is 4.33. The molecule has 2 aliphatic carbocycles. The van der Waals surface area contributed by atoms with Gasteiger partial charge in [-0.25, -0.2) is 0 Å². The Morgan fingerprint density at radius 3 is 2.50 bits per heavy atom. The minimum Gasteiger partial charge on any atom is -0.289 e. The molecule has 0 unspecified atom stereocenters. The van der Waals surface area contributed by atoms with Crippen molar-refractivity contribution in [3.63, 3.8) is 0 Å². The van der Waals surface area contributed by atoms with Gasteiger partial charge in [0.15, 0.2) is 11.6 Å². The Hall–Kier alpha value is -1.00. The number of carbonyl (C=O) groups excluding carboxylic acids is 2. The zero-order chi connectivity index (χ0) is 12.9.